The van der Waals surface area contributed by atoms with Crippen LogP contribution in [0.2, 0.25) is 0 Å². The van der Waals surface area contributed by atoms with Gasteiger partial charge >= 0.3 is 0 Å². The van der Waals surface area contributed by atoms with E-state index in [4.69, 9.17) is 0 Å². The lowest BCUT2D eigenvalue weighted by atomic mass is 9.73. The molecule has 3 atom stereocenters. The van der Waals surface area contributed by atoms with Crippen LogP contribution in [-0.4, -0.2) is 13.6 Å². The zero-order chi connectivity index (χ0) is 10.4. The summed E-state index contributed by atoms with van der Waals surface area (Å²) in [5, 5.41) is 3.31. The third-order valence-corrected chi connectivity index (χ3v) is 3.41. The molecule has 1 heteroatoms. The molecule has 0 aliphatic heterocycles. The average molecular weight is 193 g/mol. The van der Waals surface area contributed by atoms with Gasteiger partial charge in [0.15, 0.2) is 0 Å². The first-order chi connectivity index (χ1) is 6.77. The summed E-state index contributed by atoms with van der Waals surface area (Å²) < 4.78 is 0. The van der Waals surface area contributed by atoms with Crippen LogP contribution in [0.5, 0.6) is 0 Å². The Morgan fingerprint density at radius 1 is 1.29 bits per heavy atom. The molecule has 0 saturated heterocycles. The molecule has 3 unspecified atom stereocenters. The van der Waals surface area contributed by atoms with Crippen LogP contribution < -0.4 is 5.32 Å². The lowest BCUT2D eigenvalue weighted by molar-refractivity contribution is 0.190. The van der Waals surface area contributed by atoms with Crippen LogP contribution in [0.3, 0.4) is 0 Å². The monoisotopic (exact) mass is 193 g/mol. The second-order valence-corrected chi connectivity index (χ2v) is 4.63. The molecule has 1 saturated carbocycles. The lowest BCUT2D eigenvalue weighted by Crippen LogP contribution is -2.31. The molecule has 0 radical (unpaired) electrons. The molecule has 0 heterocycles. The summed E-state index contributed by atoms with van der Waals surface area (Å²) in [5.74, 6) is 8.87. The Morgan fingerprint density at radius 2 is 2.07 bits per heavy atom. The minimum absolute atomic E-state index is 0.832. The quantitative estimate of drug-likeness (QED) is 0.680. The highest BCUT2D eigenvalue weighted by molar-refractivity contribution is 4.98. The lowest BCUT2D eigenvalue weighted by Gasteiger charge is -2.33. The summed E-state index contributed by atoms with van der Waals surface area (Å²) in [4.78, 5) is 0. The summed E-state index contributed by atoms with van der Waals surface area (Å²) in [5.41, 5.74) is 0. The van der Waals surface area contributed by atoms with Gasteiger partial charge in [0.25, 0.3) is 0 Å². The van der Waals surface area contributed by atoms with Gasteiger partial charge in [-0.05, 0) is 51.1 Å². The van der Waals surface area contributed by atoms with Crippen molar-refractivity contribution in [2.75, 3.05) is 13.6 Å². The van der Waals surface area contributed by atoms with E-state index in [9.17, 15) is 0 Å². The molecule has 0 aromatic rings. The molecule has 0 aromatic heterocycles. The van der Waals surface area contributed by atoms with E-state index in [1.54, 1.807) is 0 Å². The Morgan fingerprint density at radius 3 is 2.71 bits per heavy atom. The highest BCUT2D eigenvalue weighted by Crippen LogP contribution is 2.35. The topological polar surface area (TPSA) is 12.0 Å². The van der Waals surface area contributed by atoms with Crippen molar-refractivity contribution in [1.82, 2.24) is 5.32 Å². The van der Waals surface area contributed by atoms with Crippen molar-refractivity contribution in [3.8, 4) is 11.8 Å². The summed E-state index contributed by atoms with van der Waals surface area (Å²) in [6, 6.07) is 0. The zero-order valence-electron chi connectivity index (χ0n) is 9.77. The normalized spacial score (nSPS) is 32.1. The van der Waals surface area contributed by atoms with Crippen molar-refractivity contribution >= 4 is 0 Å². The van der Waals surface area contributed by atoms with Gasteiger partial charge in [0, 0.05) is 6.42 Å². The van der Waals surface area contributed by atoms with Crippen LogP contribution >= 0.6 is 0 Å². The van der Waals surface area contributed by atoms with Crippen molar-refractivity contribution in [1.29, 1.82) is 0 Å². The predicted molar refractivity (Wildman–Crippen MR) is 62.0 cm³/mol. The fourth-order valence-electron chi connectivity index (χ4n) is 2.58. The van der Waals surface area contributed by atoms with E-state index in [1.807, 2.05) is 6.92 Å². The molecule has 1 N–H and O–H groups in total. The summed E-state index contributed by atoms with van der Waals surface area (Å²) in [7, 11) is 2.06. The van der Waals surface area contributed by atoms with E-state index in [0.717, 1.165) is 24.2 Å². The van der Waals surface area contributed by atoms with E-state index < -0.39 is 0 Å². The third kappa shape index (κ3) is 3.35. The van der Waals surface area contributed by atoms with Crippen molar-refractivity contribution in [2.45, 2.75) is 39.5 Å². The molecule has 1 rings (SSSR count). The maximum atomic E-state index is 3.31. The van der Waals surface area contributed by atoms with Crippen molar-refractivity contribution in [3.63, 3.8) is 0 Å². The second kappa shape index (κ2) is 6.09. The first-order valence-electron chi connectivity index (χ1n) is 5.82. The van der Waals surface area contributed by atoms with Gasteiger partial charge in [-0.25, -0.2) is 0 Å². The van der Waals surface area contributed by atoms with Gasteiger partial charge in [-0.3, -0.25) is 0 Å². The van der Waals surface area contributed by atoms with E-state index in [1.165, 1.54) is 25.8 Å². The molecular weight excluding hydrogens is 170 g/mol. The van der Waals surface area contributed by atoms with E-state index in [2.05, 4.69) is 31.1 Å². The summed E-state index contributed by atoms with van der Waals surface area (Å²) >= 11 is 0. The molecule has 1 aliphatic rings. The van der Waals surface area contributed by atoms with E-state index in [0.29, 0.717) is 0 Å². The number of hydrogen-bond acceptors (Lipinski definition) is 1. The highest BCUT2D eigenvalue weighted by atomic mass is 14.8. The predicted octanol–water partition coefficient (Wildman–Crippen LogP) is 2.67. The fraction of sp³-hybridized carbons (Fsp3) is 0.846. The maximum absolute atomic E-state index is 3.31. The van der Waals surface area contributed by atoms with Crippen molar-refractivity contribution in [2.24, 2.45) is 17.8 Å². The minimum Gasteiger partial charge on any atom is -0.319 e. The highest BCUT2D eigenvalue weighted by Gasteiger charge is 2.27. The van der Waals surface area contributed by atoms with Crippen LogP contribution in [0.25, 0.3) is 0 Å². The molecule has 1 aliphatic carbocycles. The Balaban J connectivity index is 2.47. The standard InChI is InChI=1S/C13H23N/c1-4-5-6-12-9-11(2)7-8-13(12)10-14-3/h11-14H,6-10H2,1-3H3. The molecular formula is C13H23N. The molecule has 80 valence electrons. The molecule has 1 nitrogen and oxygen atoms in total. The third-order valence-electron chi connectivity index (χ3n) is 3.41. The number of hydrogen-bond donors (Lipinski definition) is 1. The molecule has 14 heavy (non-hydrogen) atoms. The minimum atomic E-state index is 0.832. The molecule has 0 spiro atoms. The van der Waals surface area contributed by atoms with Gasteiger partial charge in [-0.15, -0.1) is 11.8 Å². The van der Waals surface area contributed by atoms with Crippen LogP contribution in [-0.2, 0) is 0 Å². The Bertz CT molecular complexity index is 211. The Kier molecular flexibility index (Phi) is 5.04. The van der Waals surface area contributed by atoms with Gasteiger partial charge < -0.3 is 5.32 Å². The zero-order valence-corrected chi connectivity index (χ0v) is 9.77. The van der Waals surface area contributed by atoms with Crippen LogP contribution in [0, 0.1) is 29.6 Å². The summed E-state index contributed by atoms with van der Waals surface area (Å²) in [6.07, 6.45) is 5.27. The van der Waals surface area contributed by atoms with Crippen LogP contribution in [0.15, 0.2) is 0 Å². The van der Waals surface area contributed by atoms with E-state index >= 15 is 0 Å². The fourth-order valence-corrected chi connectivity index (χ4v) is 2.58. The SMILES string of the molecule is CC#CCC1CC(C)CCC1CNC. The van der Waals surface area contributed by atoms with Gasteiger partial charge in [-0.2, -0.15) is 0 Å². The second-order valence-electron chi connectivity index (χ2n) is 4.63. The van der Waals surface area contributed by atoms with Crippen molar-refractivity contribution < 1.29 is 0 Å². The maximum Gasteiger partial charge on any atom is 0.0120 e. The Labute approximate surface area is 88.7 Å². The first-order valence-corrected chi connectivity index (χ1v) is 5.82. The average Bonchev–Trinajstić information content (AvgIpc) is 2.18. The Hall–Kier alpha value is -0.480. The number of nitrogens with one attached hydrogen (secondary N) is 1. The first kappa shape index (κ1) is 11.6. The van der Waals surface area contributed by atoms with Gasteiger partial charge in [0.05, 0.1) is 0 Å². The number of rotatable bonds is 3. The smallest absolute Gasteiger partial charge is 0.0120 e. The molecule has 1 fully saturated rings. The molecule has 0 bridgehead atoms. The van der Waals surface area contributed by atoms with Gasteiger partial charge in [0.1, 0.15) is 0 Å². The van der Waals surface area contributed by atoms with E-state index in [-0.39, 0.29) is 0 Å². The van der Waals surface area contributed by atoms with Crippen molar-refractivity contribution in [3.05, 3.63) is 0 Å². The van der Waals surface area contributed by atoms with Gasteiger partial charge in [0.2, 0.25) is 0 Å². The molecule has 0 amide bonds. The largest absolute Gasteiger partial charge is 0.319 e. The molecule has 0 aromatic carbocycles. The summed E-state index contributed by atoms with van der Waals surface area (Å²) in [6.45, 7) is 5.49. The van der Waals surface area contributed by atoms with Gasteiger partial charge in [-0.1, -0.05) is 13.3 Å². The van der Waals surface area contributed by atoms with Crippen LogP contribution in [0.4, 0.5) is 0 Å². The van der Waals surface area contributed by atoms with Crippen LogP contribution in [0.1, 0.15) is 39.5 Å².